The highest BCUT2D eigenvalue weighted by atomic mass is 35.5. The second-order valence-electron chi connectivity index (χ2n) is 7.17. The Morgan fingerprint density at radius 1 is 1.31 bits per heavy atom. The molecular formula is C19H25ClFN3O2. The van der Waals surface area contributed by atoms with Gasteiger partial charge in [0.15, 0.2) is 0 Å². The highest BCUT2D eigenvalue weighted by Gasteiger charge is 2.27. The molecule has 0 aromatic carbocycles. The Kier molecular flexibility index (Phi) is 6.48. The van der Waals surface area contributed by atoms with E-state index in [2.05, 4.69) is 15.2 Å². The van der Waals surface area contributed by atoms with Gasteiger partial charge >= 0.3 is 5.97 Å². The highest BCUT2D eigenvalue weighted by Crippen LogP contribution is 2.28. The Labute approximate surface area is 158 Å². The van der Waals surface area contributed by atoms with Crippen LogP contribution in [0.1, 0.15) is 50.5 Å². The molecular weight excluding hydrogens is 357 g/mol. The molecule has 2 aliphatic rings. The first-order valence-electron chi connectivity index (χ1n) is 9.29. The predicted molar refractivity (Wildman–Crippen MR) is 101 cm³/mol. The maximum atomic E-state index is 13.2. The van der Waals surface area contributed by atoms with Crippen molar-refractivity contribution in [3.63, 3.8) is 0 Å². The molecule has 26 heavy (non-hydrogen) atoms. The van der Waals surface area contributed by atoms with Crippen molar-refractivity contribution >= 4 is 29.5 Å². The van der Waals surface area contributed by atoms with Crippen molar-refractivity contribution in [2.45, 2.75) is 57.0 Å². The second-order valence-corrected chi connectivity index (χ2v) is 7.57. The topological polar surface area (TPSA) is 65.5 Å². The molecule has 1 saturated heterocycles. The number of likely N-dealkylation sites (tertiary alicyclic amines) is 1. The summed E-state index contributed by atoms with van der Waals surface area (Å²) in [4.78, 5) is 17.4. The minimum Gasteiger partial charge on any atom is -0.476 e. The summed E-state index contributed by atoms with van der Waals surface area (Å²) in [5.41, 5.74) is 0.327. The van der Waals surface area contributed by atoms with Crippen LogP contribution in [-0.4, -0.2) is 46.1 Å². The molecule has 0 radical (unpaired) electrons. The number of piperidine rings is 1. The van der Waals surface area contributed by atoms with Gasteiger partial charge < -0.3 is 10.4 Å². The van der Waals surface area contributed by atoms with Crippen LogP contribution in [0.15, 0.2) is 18.1 Å². The fourth-order valence-electron chi connectivity index (χ4n) is 3.94. The van der Waals surface area contributed by atoms with Crippen molar-refractivity contribution in [2.24, 2.45) is 0 Å². The van der Waals surface area contributed by atoms with Crippen LogP contribution in [-0.2, 0) is 4.79 Å². The number of rotatable bonds is 5. The average molecular weight is 382 g/mol. The van der Waals surface area contributed by atoms with Crippen LogP contribution in [0.4, 0.5) is 10.2 Å². The molecule has 2 N–H and O–H groups in total. The number of carboxylic acid groups (broad SMARTS) is 1. The normalized spacial score (nSPS) is 23.0. The molecule has 0 spiro atoms. The van der Waals surface area contributed by atoms with Crippen molar-refractivity contribution in [1.82, 2.24) is 9.88 Å². The summed E-state index contributed by atoms with van der Waals surface area (Å²) in [5, 5.41) is 12.4. The molecule has 1 aromatic rings. The Bertz CT molecular complexity index is 677. The molecule has 142 valence electrons. The van der Waals surface area contributed by atoms with E-state index < -0.39 is 11.8 Å². The molecule has 0 bridgehead atoms. The number of nitrogens with one attached hydrogen (secondary N) is 1. The fourth-order valence-corrected chi connectivity index (χ4v) is 4.17. The van der Waals surface area contributed by atoms with Crippen LogP contribution in [0.2, 0.25) is 5.02 Å². The van der Waals surface area contributed by atoms with E-state index in [-0.39, 0.29) is 6.04 Å². The van der Waals surface area contributed by atoms with Crippen LogP contribution in [0.5, 0.6) is 0 Å². The number of nitrogens with zero attached hydrogens (tertiary/aromatic N) is 2. The van der Waals surface area contributed by atoms with Gasteiger partial charge in [-0.3, -0.25) is 4.90 Å². The van der Waals surface area contributed by atoms with Crippen LogP contribution >= 0.6 is 11.6 Å². The molecule has 2 heterocycles. The Morgan fingerprint density at radius 2 is 2.08 bits per heavy atom. The minimum atomic E-state index is -1.60. The zero-order valence-electron chi connectivity index (χ0n) is 14.8. The first kappa shape index (κ1) is 19.1. The van der Waals surface area contributed by atoms with Gasteiger partial charge in [0.05, 0.1) is 5.02 Å². The van der Waals surface area contributed by atoms with Gasteiger partial charge in [-0.15, -0.1) is 0 Å². The third-order valence-electron chi connectivity index (χ3n) is 5.24. The van der Waals surface area contributed by atoms with Gasteiger partial charge in [0, 0.05) is 24.8 Å². The number of halogens is 2. The number of aliphatic carboxylic acids is 1. The smallest absolute Gasteiger partial charge is 0.364 e. The van der Waals surface area contributed by atoms with E-state index in [0.717, 1.165) is 32.0 Å². The molecule has 0 unspecified atom stereocenters. The number of hydrogen-bond donors (Lipinski definition) is 2. The molecule has 1 aromatic heterocycles. The quantitative estimate of drug-likeness (QED) is 0.743. The Hall–Kier alpha value is -1.66. The van der Waals surface area contributed by atoms with Gasteiger partial charge in [-0.25, -0.2) is 9.78 Å². The molecule has 7 heteroatoms. The van der Waals surface area contributed by atoms with Crippen LogP contribution < -0.4 is 5.32 Å². The predicted octanol–water partition coefficient (Wildman–Crippen LogP) is 4.34. The van der Waals surface area contributed by atoms with Gasteiger partial charge in [-0.2, -0.15) is 4.39 Å². The van der Waals surface area contributed by atoms with Crippen LogP contribution in [0.25, 0.3) is 6.08 Å². The Morgan fingerprint density at radius 3 is 2.77 bits per heavy atom. The maximum Gasteiger partial charge on any atom is 0.364 e. The SMILES string of the molecule is O=C(O)/C(F)=C\c1cnc(N[C@@H]2CCCN(C3CCCCC3)C2)c(Cl)c1. The van der Waals surface area contributed by atoms with E-state index in [0.29, 0.717) is 22.4 Å². The molecule has 1 saturated carbocycles. The van der Waals surface area contributed by atoms with Crippen molar-refractivity contribution in [1.29, 1.82) is 0 Å². The summed E-state index contributed by atoms with van der Waals surface area (Å²) >= 11 is 6.26. The molecule has 3 rings (SSSR count). The highest BCUT2D eigenvalue weighted by molar-refractivity contribution is 6.33. The number of pyridine rings is 1. The number of aromatic nitrogens is 1. The van der Waals surface area contributed by atoms with E-state index in [4.69, 9.17) is 16.7 Å². The van der Waals surface area contributed by atoms with E-state index in [1.165, 1.54) is 44.4 Å². The van der Waals surface area contributed by atoms with Crippen molar-refractivity contribution < 1.29 is 14.3 Å². The zero-order chi connectivity index (χ0) is 18.5. The standard InChI is InChI=1S/C19H25ClFN3O2/c20-16-9-13(10-17(21)19(25)26)11-22-18(16)23-14-5-4-8-24(12-14)15-6-2-1-3-7-15/h9-11,14-15H,1-8,12H2,(H,22,23)(H,25,26)/b17-10+/t14-/m1/s1. The summed E-state index contributed by atoms with van der Waals surface area (Å²) in [6.45, 7) is 2.14. The van der Waals surface area contributed by atoms with Gasteiger partial charge in [-0.1, -0.05) is 30.9 Å². The van der Waals surface area contributed by atoms with E-state index in [9.17, 15) is 9.18 Å². The lowest BCUT2D eigenvalue weighted by atomic mass is 9.92. The lowest BCUT2D eigenvalue weighted by Crippen LogP contribution is -2.47. The Balaban J connectivity index is 1.62. The fraction of sp³-hybridized carbons (Fsp3) is 0.579. The zero-order valence-corrected chi connectivity index (χ0v) is 15.5. The maximum absolute atomic E-state index is 13.2. The summed E-state index contributed by atoms with van der Waals surface area (Å²) in [7, 11) is 0. The van der Waals surface area contributed by atoms with Crippen LogP contribution in [0.3, 0.4) is 0 Å². The summed E-state index contributed by atoms with van der Waals surface area (Å²) in [6.07, 6.45) is 11.2. The number of carboxylic acids is 1. The van der Waals surface area contributed by atoms with Gasteiger partial charge in [-0.05, 0) is 49.9 Å². The second kappa shape index (κ2) is 8.82. The first-order chi connectivity index (χ1) is 12.5. The van der Waals surface area contributed by atoms with Crippen LogP contribution in [0, 0.1) is 0 Å². The van der Waals surface area contributed by atoms with Gasteiger partial charge in [0.2, 0.25) is 5.83 Å². The molecule has 0 amide bonds. The minimum absolute atomic E-state index is 0.285. The molecule has 1 aliphatic heterocycles. The van der Waals surface area contributed by atoms with Gasteiger partial charge in [0.25, 0.3) is 0 Å². The van der Waals surface area contributed by atoms with Crippen molar-refractivity contribution in [3.8, 4) is 0 Å². The summed E-state index contributed by atoms with van der Waals surface area (Å²) in [5.74, 6) is -2.28. The lowest BCUT2D eigenvalue weighted by Gasteiger charge is -2.40. The molecule has 2 fully saturated rings. The van der Waals surface area contributed by atoms with E-state index >= 15 is 0 Å². The summed E-state index contributed by atoms with van der Waals surface area (Å²) < 4.78 is 13.2. The largest absolute Gasteiger partial charge is 0.476 e. The van der Waals surface area contributed by atoms with Crippen molar-refractivity contribution in [3.05, 3.63) is 28.7 Å². The first-order valence-corrected chi connectivity index (χ1v) is 9.67. The van der Waals surface area contributed by atoms with Crippen molar-refractivity contribution in [2.75, 3.05) is 18.4 Å². The van der Waals surface area contributed by atoms with E-state index in [1.54, 1.807) is 0 Å². The molecule has 1 aliphatic carbocycles. The molecule has 5 nitrogen and oxygen atoms in total. The average Bonchev–Trinajstić information content (AvgIpc) is 2.65. The van der Waals surface area contributed by atoms with E-state index in [1.807, 2.05) is 0 Å². The monoisotopic (exact) mass is 381 g/mol. The third-order valence-corrected chi connectivity index (χ3v) is 5.53. The van der Waals surface area contributed by atoms with Gasteiger partial charge in [0.1, 0.15) is 5.82 Å². The number of carbonyl (C=O) groups is 1. The molecule has 1 atom stereocenters. The summed E-state index contributed by atoms with van der Waals surface area (Å²) in [6, 6.07) is 2.51. The number of hydrogen-bond acceptors (Lipinski definition) is 4. The number of anilines is 1. The lowest BCUT2D eigenvalue weighted by molar-refractivity contribution is -0.134. The third kappa shape index (κ3) is 4.95.